The largest absolute Gasteiger partial charge is 0.464 e. The number of carbonyl (C=O) groups is 3. The van der Waals surface area contributed by atoms with E-state index in [9.17, 15) is 14.4 Å². The van der Waals surface area contributed by atoms with Crippen LogP contribution in [0.1, 0.15) is 23.6 Å². The van der Waals surface area contributed by atoms with E-state index < -0.39 is 23.2 Å². The molecule has 1 aliphatic rings. The van der Waals surface area contributed by atoms with E-state index in [2.05, 4.69) is 0 Å². The molecule has 1 aromatic rings. The van der Waals surface area contributed by atoms with Crippen LogP contribution in [-0.4, -0.2) is 34.7 Å². The van der Waals surface area contributed by atoms with E-state index in [1.54, 1.807) is 13.0 Å². The van der Waals surface area contributed by atoms with Crippen LogP contribution in [0.3, 0.4) is 0 Å². The Morgan fingerprint density at radius 2 is 2.14 bits per heavy atom. The molecule has 1 fully saturated rings. The Kier molecular flexibility index (Phi) is 4.84. The van der Waals surface area contributed by atoms with E-state index in [-0.39, 0.29) is 6.61 Å². The van der Waals surface area contributed by atoms with Crippen LogP contribution in [0.5, 0.6) is 0 Å². The van der Waals surface area contributed by atoms with Gasteiger partial charge in [0.1, 0.15) is 6.04 Å². The highest BCUT2D eigenvalue weighted by Gasteiger charge is 2.41. The second kappa shape index (κ2) is 6.44. The fourth-order valence-electron chi connectivity index (χ4n) is 1.84. The van der Waals surface area contributed by atoms with E-state index in [1.807, 2.05) is 19.1 Å². The van der Waals surface area contributed by atoms with Gasteiger partial charge in [-0.1, -0.05) is 0 Å². The molecule has 0 aromatic carbocycles. The van der Waals surface area contributed by atoms with E-state index >= 15 is 0 Å². The Bertz CT molecular complexity index is 620. The molecule has 0 unspecified atom stereocenters. The summed E-state index contributed by atoms with van der Waals surface area (Å²) >= 11 is 2.39. The van der Waals surface area contributed by atoms with Crippen LogP contribution in [-0.2, 0) is 14.3 Å². The molecule has 1 atom stereocenters. The summed E-state index contributed by atoms with van der Waals surface area (Å²) in [6, 6.07) is 2.93. The van der Waals surface area contributed by atoms with E-state index in [0.29, 0.717) is 4.91 Å². The predicted molar refractivity (Wildman–Crippen MR) is 83.0 cm³/mol. The lowest BCUT2D eigenvalue weighted by Gasteiger charge is -2.19. The van der Waals surface area contributed by atoms with Crippen LogP contribution in [0, 0.1) is 6.92 Å². The van der Waals surface area contributed by atoms with Crippen molar-refractivity contribution in [3.8, 4) is 0 Å². The summed E-state index contributed by atoms with van der Waals surface area (Å²) < 4.78 is 4.86. The Labute approximate surface area is 131 Å². The molecule has 2 heterocycles. The number of hydrogen-bond acceptors (Lipinski definition) is 6. The lowest BCUT2D eigenvalue weighted by Crippen LogP contribution is -2.42. The maximum Gasteiger partial charge on any atom is 0.329 e. The van der Waals surface area contributed by atoms with Gasteiger partial charge in [0.15, 0.2) is 0 Å². The Hall–Kier alpha value is -1.60. The number of amides is 2. The van der Waals surface area contributed by atoms with Crippen molar-refractivity contribution in [1.82, 2.24) is 4.90 Å². The molecule has 0 radical (unpaired) electrons. The van der Waals surface area contributed by atoms with Gasteiger partial charge in [-0.15, -0.1) is 11.3 Å². The number of nitrogens with zero attached hydrogens (tertiary/aromatic N) is 1. The summed E-state index contributed by atoms with van der Waals surface area (Å²) in [4.78, 5) is 39.3. The quantitative estimate of drug-likeness (QED) is 0.629. The first-order valence-corrected chi connectivity index (χ1v) is 8.07. The normalized spacial score (nSPS) is 18.4. The van der Waals surface area contributed by atoms with Crippen LogP contribution in [0.15, 0.2) is 17.0 Å². The third kappa shape index (κ3) is 3.36. The molecule has 2 amide bonds. The first kappa shape index (κ1) is 15.8. The molecule has 21 heavy (non-hydrogen) atoms. The molecule has 5 nitrogen and oxygen atoms in total. The molecule has 0 saturated carbocycles. The highest BCUT2D eigenvalue weighted by Crippen LogP contribution is 2.34. The van der Waals surface area contributed by atoms with Crippen molar-refractivity contribution in [2.45, 2.75) is 26.8 Å². The fourth-order valence-corrected chi connectivity index (χ4v) is 3.64. The number of hydrogen-bond donors (Lipinski definition) is 0. The lowest BCUT2D eigenvalue weighted by molar-refractivity contribution is -0.150. The van der Waals surface area contributed by atoms with Crippen LogP contribution in [0.25, 0.3) is 6.08 Å². The van der Waals surface area contributed by atoms with Crippen LogP contribution in [0.2, 0.25) is 0 Å². The first-order valence-electron chi connectivity index (χ1n) is 6.44. The Morgan fingerprint density at radius 3 is 2.71 bits per heavy atom. The average Bonchev–Trinajstić information content (AvgIpc) is 2.94. The molecule has 7 heteroatoms. The molecule has 1 aromatic heterocycles. The summed E-state index contributed by atoms with van der Waals surface area (Å²) in [6.45, 7) is 5.35. The van der Waals surface area contributed by atoms with Crippen molar-refractivity contribution in [1.29, 1.82) is 0 Å². The van der Waals surface area contributed by atoms with Gasteiger partial charge >= 0.3 is 5.97 Å². The molecule has 112 valence electrons. The maximum absolute atomic E-state index is 12.3. The number of thioether (sulfide) groups is 1. The van der Waals surface area contributed by atoms with Gasteiger partial charge in [0.2, 0.25) is 0 Å². The summed E-state index contributed by atoms with van der Waals surface area (Å²) in [7, 11) is 0. The molecule has 2 rings (SSSR count). The molecule has 1 saturated heterocycles. The third-order valence-corrected chi connectivity index (χ3v) is 4.70. The van der Waals surface area contributed by atoms with Crippen molar-refractivity contribution in [3.63, 3.8) is 0 Å². The fraction of sp³-hybridized carbons (Fsp3) is 0.357. The zero-order valence-corrected chi connectivity index (χ0v) is 13.5. The standard InChI is InChI=1S/C14H15NO4S2/c1-4-19-13(17)9(3)15-12(16)11(21-14(15)18)7-10-6-5-8(2)20-10/h5-7,9H,4H2,1-3H3/b11-7+/t9-/m1/s1. The minimum absolute atomic E-state index is 0.212. The van der Waals surface area contributed by atoms with Crippen LogP contribution in [0.4, 0.5) is 4.79 Å². The number of imide groups is 1. The summed E-state index contributed by atoms with van der Waals surface area (Å²) in [5.74, 6) is -1.02. The van der Waals surface area contributed by atoms with Gasteiger partial charge in [-0.3, -0.25) is 14.5 Å². The van der Waals surface area contributed by atoms with Crippen molar-refractivity contribution in [2.24, 2.45) is 0 Å². The zero-order valence-electron chi connectivity index (χ0n) is 11.9. The molecule has 0 aliphatic carbocycles. The number of esters is 1. The topological polar surface area (TPSA) is 63.7 Å². The van der Waals surface area contributed by atoms with Crippen molar-refractivity contribution >= 4 is 46.3 Å². The highest BCUT2D eigenvalue weighted by molar-refractivity contribution is 8.18. The minimum atomic E-state index is -0.909. The van der Waals surface area contributed by atoms with Gasteiger partial charge in [-0.2, -0.15) is 0 Å². The summed E-state index contributed by atoms with van der Waals surface area (Å²) in [5, 5.41) is -0.444. The molecular weight excluding hydrogens is 310 g/mol. The van der Waals surface area contributed by atoms with Crippen molar-refractivity contribution in [3.05, 3.63) is 26.8 Å². The van der Waals surface area contributed by atoms with Gasteiger partial charge < -0.3 is 4.74 Å². The van der Waals surface area contributed by atoms with E-state index in [4.69, 9.17) is 4.74 Å². The Balaban J connectivity index is 2.20. The number of thiophene rings is 1. The molecular formula is C14H15NO4S2. The summed E-state index contributed by atoms with van der Waals surface area (Å²) in [6.07, 6.45) is 1.68. The molecule has 0 bridgehead atoms. The predicted octanol–water partition coefficient (Wildman–Crippen LogP) is 3.04. The maximum atomic E-state index is 12.3. The van der Waals surface area contributed by atoms with Crippen LogP contribution < -0.4 is 0 Å². The number of rotatable bonds is 4. The van der Waals surface area contributed by atoms with Gasteiger partial charge in [-0.25, -0.2) is 4.79 Å². The second-order valence-corrected chi connectivity index (χ2v) is 6.74. The zero-order chi connectivity index (χ0) is 15.6. The average molecular weight is 325 g/mol. The minimum Gasteiger partial charge on any atom is -0.464 e. The van der Waals surface area contributed by atoms with Gasteiger partial charge in [-0.05, 0) is 50.7 Å². The number of carbonyl (C=O) groups excluding carboxylic acids is 3. The molecule has 0 N–H and O–H groups in total. The van der Waals surface area contributed by atoms with Gasteiger partial charge in [0.25, 0.3) is 11.1 Å². The Morgan fingerprint density at radius 1 is 1.43 bits per heavy atom. The number of ether oxygens (including phenoxy) is 1. The lowest BCUT2D eigenvalue weighted by atomic mass is 10.3. The smallest absolute Gasteiger partial charge is 0.329 e. The second-order valence-electron chi connectivity index (χ2n) is 4.43. The molecule has 0 spiro atoms. The first-order chi connectivity index (χ1) is 9.93. The summed E-state index contributed by atoms with van der Waals surface area (Å²) in [5.41, 5.74) is 0. The monoisotopic (exact) mass is 325 g/mol. The molecule has 1 aliphatic heterocycles. The SMILES string of the molecule is CCOC(=O)[C@@H](C)N1C(=O)S/C(=C/c2ccc(C)s2)C1=O. The van der Waals surface area contributed by atoms with Gasteiger partial charge in [0, 0.05) is 9.75 Å². The van der Waals surface area contributed by atoms with E-state index in [1.165, 1.54) is 18.3 Å². The van der Waals surface area contributed by atoms with E-state index in [0.717, 1.165) is 26.4 Å². The van der Waals surface area contributed by atoms with Crippen molar-refractivity contribution in [2.75, 3.05) is 6.61 Å². The van der Waals surface area contributed by atoms with Crippen LogP contribution >= 0.6 is 23.1 Å². The van der Waals surface area contributed by atoms with Gasteiger partial charge in [0.05, 0.1) is 11.5 Å². The van der Waals surface area contributed by atoms with Crippen molar-refractivity contribution < 1.29 is 19.1 Å². The third-order valence-electron chi connectivity index (χ3n) is 2.87. The number of aryl methyl sites for hydroxylation is 1. The highest BCUT2D eigenvalue weighted by atomic mass is 32.2.